The van der Waals surface area contributed by atoms with Crippen LogP contribution in [0, 0.1) is 18.8 Å². The molecule has 2 saturated heterocycles. The molecule has 0 unspecified atom stereocenters. The Balaban J connectivity index is 1.29. The Bertz CT molecular complexity index is 1300. The zero-order valence-electron chi connectivity index (χ0n) is 23.1. The summed E-state index contributed by atoms with van der Waals surface area (Å²) in [5, 5.41) is 6.21. The number of anilines is 1. The molecular weight excluding hydrogens is 506 g/mol. The van der Waals surface area contributed by atoms with Gasteiger partial charge in [-0.15, -0.1) is 0 Å². The third-order valence-electron chi connectivity index (χ3n) is 8.78. The fourth-order valence-corrected chi connectivity index (χ4v) is 6.88. The number of fused-ring (bicyclic) bond motifs is 1. The summed E-state index contributed by atoms with van der Waals surface area (Å²) in [6.45, 7) is 4.76. The Kier molecular flexibility index (Phi) is 7.13. The normalized spacial score (nSPS) is 28.9. The highest BCUT2D eigenvalue weighted by Crippen LogP contribution is 2.55. The van der Waals surface area contributed by atoms with Crippen LogP contribution in [0.3, 0.4) is 0 Å². The molecule has 3 heterocycles. The maximum atomic E-state index is 14.2. The molecule has 2 bridgehead atoms. The van der Waals surface area contributed by atoms with E-state index in [2.05, 4.69) is 10.6 Å². The van der Waals surface area contributed by atoms with Gasteiger partial charge in [-0.3, -0.25) is 14.4 Å². The Morgan fingerprint density at radius 2 is 1.75 bits per heavy atom. The van der Waals surface area contributed by atoms with Gasteiger partial charge >= 0.3 is 0 Å². The molecule has 5 atom stereocenters. The van der Waals surface area contributed by atoms with Gasteiger partial charge in [0.25, 0.3) is 0 Å². The number of hydrogen-bond acceptors (Lipinski definition) is 5. The average molecular weight is 544 g/mol. The number of hydrogen-bond donors (Lipinski definition) is 2. The standard InChI is InChI=1S/C32H37N3O5/c1-3-39-24-15-13-23(14-16-24)33-29(36)26-25-17-18-32(40-25)27(26)31(38)35(19-21-11-9-20(2)10-12-21)28(32)30(37)34-22-7-5-4-6-8-22/h9-18,22,25-28H,3-8,19H2,1-2H3,(H,33,36)(H,34,37)/t25-,26-,27-,28+,32-/m0/s1. The summed E-state index contributed by atoms with van der Waals surface area (Å²) >= 11 is 0. The number of amides is 3. The molecule has 40 heavy (non-hydrogen) atoms. The van der Waals surface area contributed by atoms with Crippen LogP contribution in [-0.2, 0) is 25.7 Å². The summed E-state index contributed by atoms with van der Waals surface area (Å²) in [6, 6.07) is 14.4. The molecule has 3 fully saturated rings. The predicted octanol–water partition coefficient (Wildman–Crippen LogP) is 4.13. The van der Waals surface area contributed by atoms with E-state index in [1.165, 1.54) is 6.42 Å². The summed E-state index contributed by atoms with van der Waals surface area (Å²) in [4.78, 5) is 43.4. The SMILES string of the molecule is CCOc1ccc(NC(=O)[C@H]2[C@@H]3C=C[C@]4(O3)[C@@H]2C(=O)N(Cc2ccc(C)cc2)[C@@H]4C(=O)NC2CCCCC2)cc1. The summed E-state index contributed by atoms with van der Waals surface area (Å²) in [6.07, 6.45) is 8.37. The Morgan fingerprint density at radius 3 is 2.45 bits per heavy atom. The number of likely N-dealkylation sites (tertiary alicyclic amines) is 1. The quantitative estimate of drug-likeness (QED) is 0.488. The van der Waals surface area contributed by atoms with Crippen LogP contribution in [0.2, 0.25) is 0 Å². The second kappa shape index (κ2) is 10.7. The maximum absolute atomic E-state index is 14.2. The summed E-state index contributed by atoms with van der Waals surface area (Å²) in [5.74, 6) is -1.51. The van der Waals surface area contributed by atoms with E-state index in [0.29, 0.717) is 12.3 Å². The van der Waals surface area contributed by atoms with Crippen LogP contribution < -0.4 is 15.4 Å². The summed E-state index contributed by atoms with van der Waals surface area (Å²) in [7, 11) is 0. The van der Waals surface area contributed by atoms with Crippen LogP contribution in [0.1, 0.15) is 50.2 Å². The Hall–Kier alpha value is -3.65. The van der Waals surface area contributed by atoms with Crippen molar-refractivity contribution in [1.82, 2.24) is 10.2 Å². The van der Waals surface area contributed by atoms with Crippen molar-refractivity contribution in [3.63, 3.8) is 0 Å². The minimum absolute atomic E-state index is 0.0920. The second-order valence-corrected chi connectivity index (χ2v) is 11.4. The Morgan fingerprint density at radius 1 is 1.02 bits per heavy atom. The monoisotopic (exact) mass is 543 g/mol. The predicted molar refractivity (Wildman–Crippen MR) is 150 cm³/mol. The molecule has 0 radical (unpaired) electrons. The van der Waals surface area contributed by atoms with Crippen LogP contribution in [0.5, 0.6) is 5.75 Å². The molecule has 3 aliphatic heterocycles. The van der Waals surface area contributed by atoms with E-state index in [1.807, 2.05) is 50.3 Å². The number of benzene rings is 2. The molecule has 1 spiro atoms. The molecular formula is C32H37N3O5. The van der Waals surface area contributed by atoms with Gasteiger partial charge < -0.3 is 25.0 Å². The number of rotatable bonds is 8. The van der Waals surface area contributed by atoms with Crippen molar-refractivity contribution in [1.29, 1.82) is 0 Å². The fourth-order valence-electron chi connectivity index (χ4n) is 6.88. The van der Waals surface area contributed by atoms with Gasteiger partial charge in [0.05, 0.1) is 24.5 Å². The van der Waals surface area contributed by atoms with Gasteiger partial charge in [0.1, 0.15) is 17.4 Å². The van der Waals surface area contributed by atoms with Gasteiger partial charge in [0, 0.05) is 18.3 Å². The zero-order chi connectivity index (χ0) is 27.9. The molecule has 8 nitrogen and oxygen atoms in total. The lowest BCUT2D eigenvalue weighted by Gasteiger charge is -2.34. The topological polar surface area (TPSA) is 97.0 Å². The van der Waals surface area contributed by atoms with E-state index in [1.54, 1.807) is 29.2 Å². The van der Waals surface area contributed by atoms with Crippen molar-refractivity contribution in [3.8, 4) is 5.75 Å². The molecule has 2 aromatic carbocycles. The third kappa shape index (κ3) is 4.68. The lowest BCUT2D eigenvalue weighted by atomic mass is 9.74. The van der Waals surface area contributed by atoms with Crippen molar-refractivity contribution in [2.24, 2.45) is 11.8 Å². The first-order chi connectivity index (χ1) is 19.4. The molecule has 3 amide bonds. The van der Waals surface area contributed by atoms with Crippen molar-refractivity contribution in [2.45, 2.75) is 76.3 Å². The third-order valence-corrected chi connectivity index (χ3v) is 8.78. The fraction of sp³-hybridized carbons (Fsp3) is 0.469. The molecule has 2 N–H and O–H groups in total. The molecule has 2 aromatic rings. The van der Waals surface area contributed by atoms with Gasteiger partial charge in [0.2, 0.25) is 17.7 Å². The highest BCUT2D eigenvalue weighted by atomic mass is 16.5. The van der Waals surface area contributed by atoms with Gasteiger partial charge in [0.15, 0.2) is 0 Å². The molecule has 1 saturated carbocycles. The van der Waals surface area contributed by atoms with Gasteiger partial charge in [-0.05, 0) is 56.5 Å². The van der Waals surface area contributed by atoms with E-state index in [4.69, 9.17) is 9.47 Å². The average Bonchev–Trinajstić information content (AvgIpc) is 3.59. The first-order valence-corrected chi connectivity index (χ1v) is 14.5. The van der Waals surface area contributed by atoms with Crippen molar-refractivity contribution < 1.29 is 23.9 Å². The molecule has 6 rings (SSSR count). The molecule has 8 heteroatoms. The van der Waals surface area contributed by atoms with Crippen LogP contribution in [0.25, 0.3) is 0 Å². The lowest BCUT2D eigenvalue weighted by molar-refractivity contribution is -0.142. The number of nitrogens with one attached hydrogen (secondary N) is 2. The van der Waals surface area contributed by atoms with Crippen LogP contribution >= 0.6 is 0 Å². The lowest BCUT2D eigenvalue weighted by Crippen LogP contribution is -2.56. The number of carbonyl (C=O) groups is 3. The van der Waals surface area contributed by atoms with Gasteiger partial charge in [-0.25, -0.2) is 0 Å². The largest absolute Gasteiger partial charge is 0.494 e. The molecule has 4 aliphatic rings. The van der Waals surface area contributed by atoms with E-state index in [0.717, 1.165) is 42.6 Å². The van der Waals surface area contributed by atoms with Crippen LogP contribution in [0.15, 0.2) is 60.7 Å². The second-order valence-electron chi connectivity index (χ2n) is 11.4. The first kappa shape index (κ1) is 26.6. The minimum Gasteiger partial charge on any atom is -0.494 e. The van der Waals surface area contributed by atoms with Crippen molar-refractivity contribution >= 4 is 23.4 Å². The molecule has 1 aliphatic carbocycles. The van der Waals surface area contributed by atoms with Gasteiger partial charge in [-0.2, -0.15) is 0 Å². The zero-order valence-corrected chi connectivity index (χ0v) is 23.1. The number of nitrogens with zero attached hydrogens (tertiary/aromatic N) is 1. The maximum Gasteiger partial charge on any atom is 0.246 e. The first-order valence-electron chi connectivity index (χ1n) is 14.5. The highest BCUT2D eigenvalue weighted by molar-refractivity contribution is 6.02. The Labute approximate surface area is 235 Å². The van der Waals surface area contributed by atoms with E-state index in [-0.39, 0.29) is 30.3 Å². The number of aryl methyl sites for hydroxylation is 1. The molecule has 210 valence electrons. The van der Waals surface area contributed by atoms with E-state index in [9.17, 15) is 14.4 Å². The summed E-state index contributed by atoms with van der Waals surface area (Å²) in [5.41, 5.74) is 1.49. The van der Waals surface area contributed by atoms with E-state index < -0.39 is 29.6 Å². The number of ether oxygens (including phenoxy) is 2. The number of carbonyl (C=O) groups excluding carboxylic acids is 3. The van der Waals surface area contributed by atoms with Crippen molar-refractivity contribution in [2.75, 3.05) is 11.9 Å². The smallest absolute Gasteiger partial charge is 0.246 e. The van der Waals surface area contributed by atoms with Crippen LogP contribution in [-0.4, -0.2) is 53.0 Å². The molecule has 0 aromatic heterocycles. The van der Waals surface area contributed by atoms with Crippen LogP contribution in [0.4, 0.5) is 5.69 Å². The summed E-state index contributed by atoms with van der Waals surface area (Å²) < 4.78 is 12.0. The van der Waals surface area contributed by atoms with Gasteiger partial charge in [-0.1, -0.05) is 61.2 Å². The van der Waals surface area contributed by atoms with Crippen molar-refractivity contribution in [3.05, 3.63) is 71.8 Å². The highest BCUT2D eigenvalue weighted by Gasteiger charge is 2.72. The van der Waals surface area contributed by atoms with E-state index >= 15 is 0 Å². The minimum atomic E-state index is -1.17.